The molecule has 3 rings (SSSR count). The number of fused-ring (bicyclic) bond motifs is 1. The van der Waals surface area contributed by atoms with Gasteiger partial charge >= 0.3 is 0 Å². The van der Waals surface area contributed by atoms with Crippen LogP contribution in [0.1, 0.15) is 66.2 Å². The first kappa shape index (κ1) is 14.8. The summed E-state index contributed by atoms with van der Waals surface area (Å²) in [7, 11) is 0. The predicted molar refractivity (Wildman–Crippen MR) is 85.8 cm³/mol. The molecule has 0 aromatic carbocycles. The van der Waals surface area contributed by atoms with Crippen molar-refractivity contribution in [3.63, 3.8) is 0 Å². The fourth-order valence-corrected chi connectivity index (χ4v) is 4.98. The minimum absolute atomic E-state index is 0.522. The minimum Gasteiger partial charge on any atom is -0.315 e. The molecule has 2 heteroatoms. The second kappa shape index (κ2) is 5.28. The van der Waals surface area contributed by atoms with Gasteiger partial charge < -0.3 is 10.6 Å². The van der Waals surface area contributed by atoms with E-state index in [1.807, 2.05) is 0 Å². The Kier molecular flexibility index (Phi) is 3.92. The molecule has 2 nitrogen and oxygen atoms in total. The topological polar surface area (TPSA) is 24.1 Å². The quantitative estimate of drug-likeness (QED) is 0.821. The second-order valence-electron chi connectivity index (χ2n) is 8.75. The maximum Gasteiger partial charge on any atom is 0.0195 e. The summed E-state index contributed by atoms with van der Waals surface area (Å²) in [4.78, 5) is 0. The molecule has 116 valence electrons. The zero-order chi connectivity index (χ0) is 14.4. The third kappa shape index (κ3) is 2.54. The number of piperidine rings is 1. The van der Waals surface area contributed by atoms with Gasteiger partial charge in [-0.15, -0.1) is 0 Å². The first-order chi connectivity index (χ1) is 9.43. The fourth-order valence-electron chi connectivity index (χ4n) is 4.98. The van der Waals surface area contributed by atoms with Gasteiger partial charge in [-0.3, -0.25) is 0 Å². The van der Waals surface area contributed by atoms with Crippen LogP contribution < -0.4 is 10.6 Å². The fraction of sp³-hybridized carbons (Fsp3) is 1.00. The van der Waals surface area contributed by atoms with Crippen molar-refractivity contribution in [1.29, 1.82) is 0 Å². The molecule has 1 aliphatic heterocycles. The van der Waals surface area contributed by atoms with E-state index in [-0.39, 0.29) is 0 Å². The Hall–Kier alpha value is -0.0800. The van der Waals surface area contributed by atoms with Gasteiger partial charge in [-0.1, -0.05) is 40.5 Å². The lowest BCUT2D eigenvalue weighted by Gasteiger charge is -2.40. The highest BCUT2D eigenvalue weighted by atomic mass is 15.0. The van der Waals surface area contributed by atoms with Crippen LogP contribution in [0.15, 0.2) is 0 Å². The van der Waals surface area contributed by atoms with Crippen molar-refractivity contribution in [3.05, 3.63) is 0 Å². The summed E-state index contributed by atoms with van der Waals surface area (Å²) >= 11 is 0. The SMILES string of the molecule is CC1(C)C(CNCC2CCC3CCCCC3N2)C1(C)C. The highest BCUT2D eigenvalue weighted by Crippen LogP contribution is 2.67. The Morgan fingerprint density at radius 2 is 1.60 bits per heavy atom. The summed E-state index contributed by atoms with van der Waals surface area (Å²) in [6.07, 6.45) is 8.65. The summed E-state index contributed by atoms with van der Waals surface area (Å²) in [5.41, 5.74) is 1.04. The van der Waals surface area contributed by atoms with E-state index in [0.717, 1.165) is 23.9 Å². The van der Waals surface area contributed by atoms with Gasteiger partial charge in [-0.05, 0) is 54.9 Å². The lowest BCUT2D eigenvalue weighted by atomic mass is 9.78. The Morgan fingerprint density at radius 3 is 2.30 bits per heavy atom. The van der Waals surface area contributed by atoms with E-state index in [1.54, 1.807) is 0 Å². The van der Waals surface area contributed by atoms with Crippen LogP contribution in [0.25, 0.3) is 0 Å². The molecule has 0 aromatic heterocycles. The van der Waals surface area contributed by atoms with Crippen LogP contribution in [0.2, 0.25) is 0 Å². The molecule has 2 N–H and O–H groups in total. The van der Waals surface area contributed by atoms with Gasteiger partial charge in [-0.2, -0.15) is 0 Å². The van der Waals surface area contributed by atoms with Gasteiger partial charge in [0.15, 0.2) is 0 Å². The van der Waals surface area contributed by atoms with E-state index in [0.29, 0.717) is 10.8 Å². The highest BCUT2D eigenvalue weighted by Gasteiger charge is 2.63. The zero-order valence-electron chi connectivity index (χ0n) is 14.0. The maximum absolute atomic E-state index is 3.93. The molecule has 3 fully saturated rings. The van der Waals surface area contributed by atoms with Crippen LogP contribution >= 0.6 is 0 Å². The second-order valence-corrected chi connectivity index (χ2v) is 8.75. The van der Waals surface area contributed by atoms with Crippen molar-refractivity contribution in [2.24, 2.45) is 22.7 Å². The first-order valence-corrected chi connectivity index (χ1v) is 8.89. The molecule has 0 amide bonds. The van der Waals surface area contributed by atoms with Gasteiger partial charge in [0.1, 0.15) is 0 Å². The molecule has 20 heavy (non-hydrogen) atoms. The van der Waals surface area contributed by atoms with Crippen molar-refractivity contribution in [2.45, 2.75) is 78.3 Å². The molecular formula is C18H34N2. The third-order valence-corrected chi connectivity index (χ3v) is 7.30. The summed E-state index contributed by atoms with van der Waals surface area (Å²) in [5.74, 6) is 1.84. The Labute approximate surface area is 125 Å². The molecule has 3 aliphatic rings. The molecule has 0 aromatic rings. The molecule has 0 bridgehead atoms. The van der Waals surface area contributed by atoms with E-state index >= 15 is 0 Å². The normalized spacial score (nSPS) is 39.3. The molecule has 2 saturated carbocycles. The van der Waals surface area contributed by atoms with E-state index in [4.69, 9.17) is 0 Å². The van der Waals surface area contributed by atoms with Crippen LogP contribution in [-0.4, -0.2) is 25.2 Å². The smallest absolute Gasteiger partial charge is 0.0195 e. The Balaban J connectivity index is 1.40. The van der Waals surface area contributed by atoms with Gasteiger partial charge in [-0.25, -0.2) is 0 Å². The van der Waals surface area contributed by atoms with Crippen molar-refractivity contribution in [3.8, 4) is 0 Å². The summed E-state index contributed by atoms with van der Waals surface area (Å²) in [6.45, 7) is 12.1. The monoisotopic (exact) mass is 278 g/mol. The van der Waals surface area contributed by atoms with E-state index in [9.17, 15) is 0 Å². The molecule has 2 aliphatic carbocycles. The van der Waals surface area contributed by atoms with Gasteiger partial charge in [0, 0.05) is 18.6 Å². The molecule has 0 radical (unpaired) electrons. The number of rotatable bonds is 4. The highest BCUT2D eigenvalue weighted by molar-refractivity contribution is 5.12. The van der Waals surface area contributed by atoms with Crippen molar-refractivity contribution in [2.75, 3.05) is 13.1 Å². The minimum atomic E-state index is 0.522. The zero-order valence-corrected chi connectivity index (χ0v) is 14.0. The van der Waals surface area contributed by atoms with Gasteiger partial charge in [0.05, 0.1) is 0 Å². The van der Waals surface area contributed by atoms with Gasteiger partial charge in [0.25, 0.3) is 0 Å². The Morgan fingerprint density at radius 1 is 0.900 bits per heavy atom. The van der Waals surface area contributed by atoms with E-state index in [2.05, 4.69) is 38.3 Å². The lowest BCUT2D eigenvalue weighted by molar-refractivity contribution is 0.174. The lowest BCUT2D eigenvalue weighted by Crippen LogP contribution is -2.52. The van der Waals surface area contributed by atoms with E-state index < -0.39 is 0 Å². The first-order valence-electron chi connectivity index (χ1n) is 8.89. The van der Waals surface area contributed by atoms with Gasteiger partial charge in [0.2, 0.25) is 0 Å². The number of hydrogen-bond donors (Lipinski definition) is 2. The van der Waals surface area contributed by atoms with Crippen LogP contribution in [0.4, 0.5) is 0 Å². The molecule has 3 atom stereocenters. The number of nitrogens with one attached hydrogen (secondary N) is 2. The predicted octanol–water partition coefficient (Wildman–Crippen LogP) is 3.57. The molecular weight excluding hydrogens is 244 g/mol. The maximum atomic E-state index is 3.93. The number of hydrogen-bond acceptors (Lipinski definition) is 2. The average Bonchev–Trinajstić information content (AvgIpc) is 2.81. The average molecular weight is 278 g/mol. The summed E-state index contributed by atoms with van der Waals surface area (Å²) < 4.78 is 0. The van der Waals surface area contributed by atoms with Crippen LogP contribution in [0.3, 0.4) is 0 Å². The van der Waals surface area contributed by atoms with Crippen LogP contribution in [-0.2, 0) is 0 Å². The summed E-state index contributed by atoms with van der Waals surface area (Å²) in [5, 5.41) is 7.69. The van der Waals surface area contributed by atoms with E-state index in [1.165, 1.54) is 51.6 Å². The standard InChI is InChI=1S/C18H34N2/c1-17(2)16(18(17,3)4)12-19-11-14-10-9-13-7-5-6-8-15(13)20-14/h13-16,19-20H,5-12H2,1-4H3. The Bertz CT molecular complexity index is 333. The molecule has 1 heterocycles. The van der Waals surface area contributed by atoms with Crippen LogP contribution in [0.5, 0.6) is 0 Å². The van der Waals surface area contributed by atoms with Crippen molar-refractivity contribution >= 4 is 0 Å². The molecule has 3 unspecified atom stereocenters. The summed E-state index contributed by atoms with van der Waals surface area (Å²) in [6, 6.07) is 1.55. The third-order valence-electron chi connectivity index (χ3n) is 7.30. The van der Waals surface area contributed by atoms with Crippen molar-refractivity contribution < 1.29 is 0 Å². The molecule has 0 spiro atoms. The van der Waals surface area contributed by atoms with Crippen molar-refractivity contribution in [1.82, 2.24) is 10.6 Å². The van der Waals surface area contributed by atoms with Crippen LogP contribution in [0, 0.1) is 22.7 Å². The largest absolute Gasteiger partial charge is 0.315 e. The molecule has 1 saturated heterocycles.